The summed E-state index contributed by atoms with van der Waals surface area (Å²) < 4.78 is 1.02. The quantitative estimate of drug-likeness (QED) is 0.854. The van der Waals surface area contributed by atoms with E-state index in [1.54, 1.807) is 18.2 Å². The molecule has 2 N–H and O–H groups in total. The summed E-state index contributed by atoms with van der Waals surface area (Å²) in [5, 5.41) is 13.6. The van der Waals surface area contributed by atoms with Crippen LogP contribution in [0.15, 0.2) is 40.9 Å². The Kier molecular flexibility index (Phi) is 4.15. The minimum atomic E-state index is 0.207. The van der Waals surface area contributed by atoms with Crippen LogP contribution in [-0.4, -0.2) is 5.11 Å². The molecule has 2 aromatic rings. The van der Waals surface area contributed by atoms with Gasteiger partial charge in [0.05, 0.1) is 0 Å². The lowest BCUT2D eigenvalue weighted by Crippen LogP contribution is -2.01. The number of aromatic hydroxyl groups is 1. The fourth-order valence-corrected chi connectivity index (χ4v) is 2.33. The van der Waals surface area contributed by atoms with Gasteiger partial charge in [-0.25, -0.2) is 0 Å². The fraction of sp³-hybridized carbons (Fsp3) is 0.143. The van der Waals surface area contributed by atoms with Crippen molar-refractivity contribution < 1.29 is 5.11 Å². The number of aryl methyl sites for hydroxylation is 1. The summed E-state index contributed by atoms with van der Waals surface area (Å²) in [6.07, 6.45) is 0. The summed E-state index contributed by atoms with van der Waals surface area (Å²) >= 11 is 9.59. The van der Waals surface area contributed by atoms with E-state index in [0.29, 0.717) is 17.1 Å². The molecule has 18 heavy (non-hydrogen) atoms. The zero-order chi connectivity index (χ0) is 13.1. The standard InChI is InChI=1S/C14H13BrClNO/c1-9-4-2-6-12(14(9)15)17-8-10-11(16)5-3-7-13(10)18/h2-7,17-18H,8H2,1H3. The van der Waals surface area contributed by atoms with Crippen molar-refractivity contribution in [2.75, 3.05) is 5.32 Å². The number of hydrogen-bond acceptors (Lipinski definition) is 2. The first kappa shape index (κ1) is 13.2. The SMILES string of the molecule is Cc1cccc(NCc2c(O)cccc2Cl)c1Br. The lowest BCUT2D eigenvalue weighted by atomic mass is 10.2. The molecule has 0 radical (unpaired) electrons. The van der Waals surface area contributed by atoms with E-state index in [1.165, 1.54) is 0 Å². The van der Waals surface area contributed by atoms with Crippen LogP contribution in [0.5, 0.6) is 5.75 Å². The smallest absolute Gasteiger partial charge is 0.122 e. The second-order valence-electron chi connectivity index (χ2n) is 4.03. The van der Waals surface area contributed by atoms with Crippen molar-refractivity contribution in [3.63, 3.8) is 0 Å². The molecule has 2 aromatic carbocycles. The maximum absolute atomic E-state index is 9.76. The molecule has 0 atom stereocenters. The van der Waals surface area contributed by atoms with Crippen molar-refractivity contribution in [3.05, 3.63) is 57.0 Å². The Hall–Kier alpha value is -1.19. The number of rotatable bonds is 3. The van der Waals surface area contributed by atoms with E-state index in [9.17, 15) is 5.11 Å². The van der Waals surface area contributed by atoms with Crippen LogP contribution in [0.25, 0.3) is 0 Å². The molecule has 0 bridgehead atoms. The highest BCUT2D eigenvalue weighted by atomic mass is 79.9. The number of anilines is 1. The van der Waals surface area contributed by atoms with Crippen molar-refractivity contribution in [1.29, 1.82) is 0 Å². The normalized spacial score (nSPS) is 10.4. The van der Waals surface area contributed by atoms with Crippen molar-refractivity contribution >= 4 is 33.2 Å². The molecule has 94 valence electrons. The van der Waals surface area contributed by atoms with Crippen LogP contribution in [0.3, 0.4) is 0 Å². The first-order chi connectivity index (χ1) is 8.59. The summed E-state index contributed by atoms with van der Waals surface area (Å²) in [5.41, 5.74) is 2.84. The average molecular weight is 327 g/mol. The fourth-order valence-electron chi connectivity index (χ4n) is 1.69. The van der Waals surface area contributed by atoms with Crippen molar-refractivity contribution in [1.82, 2.24) is 0 Å². The monoisotopic (exact) mass is 325 g/mol. The van der Waals surface area contributed by atoms with Crippen LogP contribution in [0.2, 0.25) is 5.02 Å². The second kappa shape index (κ2) is 5.63. The topological polar surface area (TPSA) is 32.3 Å². The highest BCUT2D eigenvalue weighted by Crippen LogP contribution is 2.29. The van der Waals surface area contributed by atoms with Gasteiger partial charge in [-0.3, -0.25) is 0 Å². The predicted molar refractivity (Wildman–Crippen MR) is 79.3 cm³/mol. The molecular weight excluding hydrogens is 314 g/mol. The number of hydrogen-bond donors (Lipinski definition) is 2. The molecule has 0 aliphatic carbocycles. The van der Waals surface area contributed by atoms with Gasteiger partial charge in [-0.15, -0.1) is 0 Å². The Morgan fingerprint density at radius 3 is 2.67 bits per heavy atom. The van der Waals surface area contributed by atoms with E-state index in [2.05, 4.69) is 21.2 Å². The molecule has 0 saturated carbocycles. The van der Waals surface area contributed by atoms with Gasteiger partial charge in [-0.2, -0.15) is 0 Å². The molecule has 0 fully saturated rings. The lowest BCUT2D eigenvalue weighted by molar-refractivity contribution is 0.469. The van der Waals surface area contributed by atoms with Crippen LogP contribution in [0, 0.1) is 6.92 Å². The maximum atomic E-state index is 9.76. The third-order valence-electron chi connectivity index (χ3n) is 2.74. The van der Waals surface area contributed by atoms with E-state index >= 15 is 0 Å². The molecule has 0 aromatic heterocycles. The van der Waals surface area contributed by atoms with E-state index in [0.717, 1.165) is 15.7 Å². The minimum Gasteiger partial charge on any atom is -0.508 e. The van der Waals surface area contributed by atoms with E-state index in [4.69, 9.17) is 11.6 Å². The van der Waals surface area contributed by atoms with Gasteiger partial charge >= 0.3 is 0 Å². The van der Waals surface area contributed by atoms with E-state index in [-0.39, 0.29) is 5.75 Å². The van der Waals surface area contributed by atoms with Crippen molar-refractivity contribution in [3.8, 4) is 5.75 Å². The maximum Gasteiger partial charge on any atom is 0.122 e. The van der Waals surface area contributed by atoms with Gasteiger partial charge in [-0.05, 0) is 46.6 Å². The second-order valence-corrected chi connectivity index (χ2v) is 5.23. The molecular formula is C14H13BrClNO. The van der Waals surface area contributed by atoms with Crippen LogP contribution >= 0.6 is 27.5 Å². The average Bonchev–Trinajstić information content (AvgIpc) is 2.33. The first-order valence-electron chi connectivity index (χ1n) is 5.55. The molecule has 0 aliphatic heterocycles. The third kappa shape index (κ3) is 2.79. The Balaban J connectivity index is 2.19. The number of phenolic OH excluding ortho intramolecular Hbond substituents is 1. The molecule has 0 aliphatic rings. The van der Waals surface area contributed by atoms with Crippen molar-refractivity contribution in [2.45, 2.75) is 13.5 Å². The molecule has 2 nitrogen and oxygen atoms in total. The molecule has 2 rings (SSSR count). The van der Waals surface area contributed by atoms with Gasteiger partial charge in [0, 0.05) is 27.3 Å². The van der Waals surface area contributed by atoms with Gasteiger partial charge in [0.25, 0.3) is 0 Å². The first-order valence-corrected chi connectivity index (χ1v) is 6.72. The zero-order valence-corrected chi connectivity index (χ0v) is 12.2. The van der Waals surface area contributed by atoms with Crippen LogP contribution in [0.4, 0.5) is 5.69 Å². The number of phenols is 1. The van der Waals surface area contributed by atoms with Gasteiger partial charge in [0.1, 0.15) is 5.75 Å². The largest absolute Gasteiger partial charge is 0.508 e. The summed E-state index contributed by atoms with van der Waals surface area (Å²) in [6.45, 7) is 2.51. The molecule has 0 spiro atoms. The summed E-state index contributed by atoms with van der Waals surface area (Å²) in [6, 6.07) is 11.1. The van der Waals surface area contributed by atoms with E-state index in [1.807, 2.05) is 25.1 Å². The lowest BCUT2D eigenvalue weighted by Gasteiger charge is -2.12. The molecule has 0 amide bonds. The van der Waals surface area contributed by atoms with Gasteiger partial charge in [-0.1, -0.05) is 29.8 Å². The van der Waals surface area contributed by atoms with Gasteiger partial charge in [0.15, 0.2) is 0 Å². The number of benzene rings is 2. The Morgan fingerprint density at radius 2 is 1.94 bits per heavy atom. The third-order valence-corrected chi connectivity index (χ3v) is 4.15. The molecule has 0 saturated heterocycles. The van der Waals surface area contributed by atoms with Crippen LogP contribution in [0.1, 0.15) is 11.1 Å². The molecule has 0 heterocycles. The summed E-state index contributed by atoms with van der Waals surface area (Å²) in [5.74, 6) is 0.207. The summed E-state index contributed by atoms with van der Waals surface area (Å²) in [4.78, 5) is 0. The summed E-state index contributed by atoms with van der Waals surface area (Å²) in [7, 11) is 0. The number of nitrogens with one attached hydrogen (secondary N) is 1. The Morgan fingerprint density at radius 1 is 1.22 bits per heavy atom. The Bertz CT molecular complexity index is 551. The van der Waals surface area contributed by atoms with Crippen LogP contribution in [-0.2, 0) is 6.54 Å². The predicted octanol–water partition coefficient (Wildman–Crippen LogP) is 4.73. The van der Waals surface area contributed by atoms with Gasteiger partial charge < -0.3 is 10.4 Å². The Labute approximate surface area is 120 Å². The minimum absolute atomic E-state index is 0.207. The zero-order valence-electron chi connectivity index (χ0n) is 9.87. The van der Waals surface area contributed by atoms with Gasteiger partial charge in [0.2, 0.25) is 0 Å². The van der Waals surface area contributed by atoms with E-state index < -0.39 is 0 Å². The highest BCUT2D eigenvalue weighted by molar-refractivity contribution is 9.10. The molecule has 4 heteroatoms. The van der Waals surface area contributed by atoms with Crippen LogP contribution < -0.4 is 5.32 Å². The highest BCUT2D eigenvalue weighted by Gasteiger charge is 2.07. The number of halogens is 2. The molecule has 0 unspecified atom stereocenters. The van der Waals surface area contributed by atoms with Crippen molar-refractivity contribution in [2.24, 2.45) is 0 Å².